The standard InChI is InChI=1S/C23H23ClF2N2O4/c24-17-9-16(4-5-18(17)30-13-15-10-22(25,26)11-15)21(29)28-8-6-23(19-3-1-2-7-27-19)20(12-28)31-14-32-23/h1-5,7,9,15,20H,6,8,10-14H2/t20?,23-/m1/s1. The molecule has 2 saturated heterocycles. The minimum Gasteiger partial charge on any atom is -0.492 e. The third-order valence-corrected chi connectivity index (χ3v) is 6.75. The van der Waals surface area contributed by atoms with Crippen LogP contribution in [0.5, 0.6) is 5.75 Å². The molecule has 1 amide bonds. The molecule has 2 aliphatic heterocycles. The van der Waals surface area contributed by atoms with Crippen LogP contribution < -0.4 is 4.74 Å². The van der Waals surface area contributed by atoms with Gasteiger partial charge in [-0.1, -0.05) is 17.7 Å². The van der Waals surface area contributed by atoms with E-state index >= 15 is 0 Å². The van der Waals surface area contributed by atoms with Gasteiger partial charge in [-0.05, 0) is 30.3 Å². The molecule has 170 valence electrons. The van der Waals surface area contributed by atoms with Crippen molar-refractivity contribution >= 4 is 17.5 Å². The number of halogens is 3. The lowest BCUT2D eigenvalue weighted by Gasteiger charge is -2.41. The van der Waals surface area contributed by atoms with E-state index in [9.17, 15) is 13.6 Å². The highest BCUT2D eigenvalue weighted by Crippen LogP contribution is 2.43. The Labute approximate surface area is 189 Å². The number of hydrogen-bond donors (Lipinski definition) is 0. The summed E-state index contributed by atoms with van der Waals surface area (Å²) in [5, 5.41) is 0.280. The lowest BCUT2D eigenvalue weighted by atomic mass is 9.82. The molecular weight excluding hydrogens is 442 g/mol. The predicted molar refractivity (Wildman–Crippen MR) is 112 cm³/mol. The lowest BCUT2D eigenvalue weighted by Crippen LogP contribution is -2.53. The summed E-state index contributed by atoms with van der Waals surface area (Å²) in [6, 6.07) is 10.5. The number of piperidine rings is 1. The first kappa shape index (κ1) is 21.6. The summed E-state index contributed by atoms with van der Waals surface area (Å²) in [5.41, 5.74) is 0.594. The third-order valence-electron chi connectivity index (χ3n) is 6.46. The molecular formula is C23H23ClF2N2O4. The van der Waals surface area contributed by atoms with E-state index in [4.69, 9.17) is 25.8 Å². The lowest BCUT2D eigenvalue weighted by molar-refractivity contribution is -0.119. The Bertz CT molecular complexity index is 1000. The Hall–Kier alpha value is -2.29. The van der Waals surface area contributed by atoms with Crippen LogP contribution in [0.15, 0.2) is 42.6 Å². The van der Waals surface area contributed by atoms with E-state index < -0.39 is 11.5 Å². The number of amides is 1. The second kappa shape index (κ2) is 8.24. The molecule has 1 aromatic carbocycles. The Kier molecular flexibility index (Phi) is 5.55. The molecule has 3 heterocycles. The monoisotopic (exact) mass is 464 g/mol. The quantitative estimate of drug-likeness (QED) is 0.661. The van der Waals surface area contributed by atoms with Gasteiger partial charge in [-0.15, -0.1) is 0 Å². The SMILES string of the molecule is O=C(c1ccc(OCC2CC(F)(F)C2)c(Cl)c1)N1CC[C@]2(c3ccccn3)OCOC2C1. The first-order chi connectivity index (χ1) is 15.4. The molecule has 9 heteroatoms. The van der Waals surface area contributed by atoms with Crippen molar-refractivity contribution in [2.75, 3.05) is 26.5 Å². The number of alkyl halides is 2. The highest BCUT2D eigenvalue weighted by molar-refractivity contribution is 6.32. The molecule has 32 heavy (non-hydrogen) atoms. The number of hydrogen-bond acceptors (Lipinski definition) is 5. The maximum Gasteiger partial charge on any atom is 0.254 e. The average molecular weight is 465 g/mol. The van der Waals surface area contributed by atoms with Gasteiger partial charge in [0.1, 0.15) is 24.2 Å². The van der Waals surface area contributed by atoms with Crippen molar-refractivity contribution in [3.8, 4) is 5.75 Å². The van der Waals surface area contributed by atoms with E-state index in [0.29, 0.717) is 30.8 Å². The average Bonchev–Trinajstić information content (AvgIpc) is 3.21. The van der Waals surface area contributed by atoms with Gasteiger partial charge in [-0.2, -0.15) is 0 Å². The van der Waals surface area contributed by atoms with Crippen LogP contribution in [0.3, 0.4) is 0 Å². The number of aromatic nitrogens is 1. The molecule has 1 aromatic heterocycles. The fourth-order valence-electron chi connectivity index (χ4n) is 4.68. The number of ether oxygens (including phenoxy) is 3. The zero-order valence-electron chi connectivity index (χ0n) is 17.3. The Morgan fingerprint density at radius 2 is 2.12 bits per heavy atom. The summed E-state index contributed by atoms with van der Waals surface area (Å²) in [6.07, 6.45) is 1.66. The van der Waals surface area contributed by atoms with Gasteiger partial charge < -0.3 is 19.1 Å². The van der Waals surface area contributed by atoms with E-state index in [0.717, 1.165) is 5.69 Å². The number of likely N-dealkylation sites (tertiary alicyclic amines) is 1. The number of fused-ring (bicyclic) bond motifs is 1. The van der Waals surface area contributed by atoms with Gasteiger partial charge in [0.15, 0.2) is 0 Å². The second-order valence-electron chi connectivity index (χ2n) is 8.61. The van der Waals surface area contributed by atoms with Crippen molar-refractivity contribution < 1.29 is 27.8 Å². The first-order valence-electron chi connectivity index (χ1n) is 10.6. The maximum atomic E-state index is 13.1. The molecule has 0 radical (unpaired) electrons. The second-order valence-corrected chi connectivity index (χ2v) is 9.02. The summed E-state index contributed by atoms with van der Waals surface area (Å²) in [6.45, 7) is 1.21. The highest BCUT2D eigenvalue weighted by Gasteiger charge is 2.52. The number of carbonyl (C=O) groups is 1. The van der Waals surface area contributed by atoms with E-state index in [2.05, 4.69) is 4.98 Å². The van der Waals surface area contributed by atoms with E-state index in [1.807, 2.05) is 18.2 Å². The van der Waals surface area contributed by atoms with Crippen molar-refractivity contribution in [1.29, 1.82) is 0 Å². The smallest absolute Gasteiger partial charge is 0.254 e. The van der Waals surface area contributed by atoms with Crippen LogP contribution in [0.25, 0.3) is 0 Å². The normalized spacial score (nSPS) is 27.0. The number of rotatable bonds is 5. The molecule has 3 aliphatic rings. The molecule has 6 nitrogen and oxygen atoms in total. The zero-order valence-corrected chi connectivity index (χ0v) is 18.1. The maximum absolute atomic E-state index is 13.1. The summed E-state index contributed by atoms with van der Waals surface area (Å²) in [7, 11) is 0. The van der Waals surface area contributed by atoms with Crippen LogP contribution in [0.4, 0.5) is 8.78 Å². The van der Waals surface area contributed by atoms with Crippen LogP contribution in [-0.4, -0.2) is 54.3 Å². The van der Waals surface area contributed by atoms with Gasteiger partial charge in [0.2, 0.25) is 5.92 Å². The van der Waals surface area contributed by atoms with E-state index in [1.54, 1.807) is 29.3 Å². The molecule has 2 atom stereocenters. The molecule has 0 bridgehead atoms. The summed E-state index contributed by atoms with van der Waals surface area (Å²) in [5.74, 6) is -2.53. The van der Waals surface area contributed by atoms with Crippen molar-refractivity contribution in [2.45, 2.75) is 36.9 Å². The Morgan fingerprint density at radius 3 is 2.84 bits per heavy atom. The van der Waals surface area contributed by atoms with Gasteiger partial charge >= 0.3 is 0 Å². The van der Waals surface area contributed by atoms with E-state index in [1.165, 1.54) is 0 Å². The van der Waals surface area contributed by atoms with Crippen LogP contribution >= 0.6 is 11.6 Å². The molecule has 3 fully saturated rings. The van der Waals surface area contributed by atoms with Gasteiger partial charge in [0.05, 0.1) is 23.9 Å². The molecule has 5 rings (SSSR count). The fraction of sp³-hybridized carbons (Fsp3) is 0.478. The van der Waals surface area contributed by atoms with Crippen molar-refractivity contribution in [2.24, 2.45) is 5.92 Å². The zero-order chi connectivity index (χ0) is 22.3. The van der Waals surface area contributed by atoms with Crippen LogP contribution in [0, 0.1) is 5.92 Å². The Morgan fingerprint density at radius 1 is 1.28 bits per heavy atom. The Balaban J connectivity index is 1.24. The number of nitrogens with zero attached hydrogens (tertiary/aromatic N) is 2. The third kappa shape index (κ3) is 3.95. The largest absolute Gasteiger partial charge is 0.492 e. The summed E-state index contributed by atoms with van der Waals surface area (Å²) < 4.78 is 43.3. The first-order valence-corrected chi connectivity index (χ1v) is 11.0. The predicted octanol–water partition coefficient (Wildman–Crippen LogP) is 4.27. The van der Waals surface area contributed by atoms with Gasteiger partial charge in [-0.25, -0.2) is 8.78 Å². The summed E-state index contributed by atoms with van der Waals surface area (Å²) in [4.78, 5) is 19.3. The fourth-order valence-corrected chi connectivity index (χ4v) is 4.92. The van der Waals surface area contributed by atoms with Crippen LogP contribution in [0.2, 0.25) is 5.02 Å². The minimum atomic E-state index is -2.58. The molecule has 0 N–H and O–H groups in total. The molecule has 0 spiro atoms. The highest BCUT2D eigenvalue weighted by atomic mass is 35.5. The van der Waals surface area contributed by atoms with Gasteiger partial charge in [-0.3, -0.25) is 9.78 Å². The molecule has 1 aliphatic carbocycles. The van der Waals surface area contributed by atoms with E-state index in [-0.39, 0.29) is 49.2 Å². The van der Waals surface area contributed by atoms with Crippen LogP contribution in [-0.2, 0) is 15.1 Å². The van der Waals surface area contributed by atoms with Gasteiger partial charge in [0, 0.05) is 43.5 Å². The van der Waals surface area contributed by atoms with Crippen molar-refractivity contribution in [1.82, 2.24) is 9.88 Å². The molecule has 1 saturated carbocycles. The number of carbonyl (C=O) groups excluding carboxylic acids is 1. The van der Waals surface area contributed by atoms with Crippen molar-refractivity contribution in [3.63, 3.8) is 0 Å². The van der Waals surface area contributed by atoms with Crippen molar-refractivity contribution in [3.05, 3.63) is 58.9 Å². The summed E-state index contributed by atoms with van der Waals surface area (Å²) >= 11 is 6.31. The number of benzene rings is 1. The topological polar surface area (TPSA) is 60.9 Å². The number of pyridine rings is 1. The van der Waals surface area contributed by atoms with Gasteiger partial charge in [0.25, 0.3) is 5.91 Å². The minimum absolute atomic E-state index is 0.161. The molecule has 1 unspecified atom stereocenters. The van der Waals surface area contributed by atoms with Crippen LogP contribution in [0.1, 0.15) is 35.3 Å². The molecule has 2 aromatic rings.